The van der Waals surface area contributed by atoms with Crippen LogP contribution in [0.3, 0.4) is 0 Å². The first-order chi connectivity index (χ1) is 12.6. The number of anilines is 1. The molecule has 2 aliphatic rings. The van der Waals surface area contributed by atoms with Gasteiger partial charge < -0.3 is 9.64 Å². The zero-order chi connectivity index (χ0) is 18.3. The number of carbonyl (C=O) groups is 1. The van der Waals surface area contributed by atoms with Gasteiger partial charge in [0.15, 0.2) is 5.16 Å². The van der Waals surface area contributed by atoms with E-state index in [9.17, 15) is 9.59 Å². The van der Waals surface area contributed by atoms with Crippen LogP contribution in [0.1, 0.15) is 30.1 Å². The van der Waals surface area contributed by atoms with Crippen LogP contribution in [0.25, 0.3) is 0 Å². The number of methoxy groups -OCH3 is 1. The Morgan fingerprint density at radius 3 is 2.73 bits per heavy atom. The molecule has 4 rings (SSSR count). The number of hydrogen-bond acceptors (Lipinski definition) is 5. The molecule has 1 aliphatic carbocycles. The van der Waals surface area contributed by atoms with Crippen LogP contribution in [0.2, 0.25) is 0 Å². The maximum Gasteiger partial charge on any atom is 0.267 e. The molecule has 0 N–H and O–H groups in total. The van der Waals surface area contributed by atoms with E-state index in [2.05, 4.69) is 4.98 Å². The number of hydrogen-bond donors (Lipinski definition) is 0. The van der Waals surface area contributed by atoms with E-state index in [-0.39, 0.29) is 23.1 Å². The van der Waals surface area contributed by atoms with Crippen LogP contribution in [0.4, 0.5) is 5.69 Å². The molecule has 1 aromatic heterocycles. The van der Waals surface area contributed by atoms with Gasteiger partial charge in [-0.1, -0.05) is 11.8 Å². The van der Waals surface area contributed by atoms with E-state index in [1.165, 1.54) is 6.20 Å². The van der Waals surface area contributed by atoms with Crippen molar-refractivity contribution in [2.45, 2.75) is 37.5 Å². The summed E-state index contributed by atoms with van der Waals surface area (Å²) in [6, 6.07) is 7.43. The molecule has 1 aliphatic heterocycles. The third kappa shape index (κ3) is 3.00. The summed E-state index contributed by atoms with van der Waals surface area (Å²) in [5, 5.41) is 0.692. The van der Waals surface area contributed by atoms with Crippen LogP contribution >= 0.6 is 11.8 Å². The lowest BCUT2D eigenvalue weighted by atomic mass is 10.1. The summed E-state index contributed by atoms with van der Waals surface area (Å²) in [4.78, 5) is 32.2. The monoisotopic (exact) mass is 371 g/mol. The first kappa shape index (κ1) is 17.1. The van der Waals surface area contributed by atoms with Crippen molar-refractivity contribution in [1.29, 1.82) is 0 Å². The summed E-state index contributed by atoms with van der Waals surface area (Å²) < 4.78 is 6.82. The smallest absolute Gasteiger partial charge is 0.267 e. The van der Waals surface area contributed by atoms with Crippen molar-refractivity contribution in [1.82, 2.24) is 9.55 Å². The quantitative estimate of drug-likeness (QED) is 0.756. The molecule has 136 valence electrons. The lowest BCUT2D eigenvalue weighted by molar-refractivity contribution is 0.0973. The fourth-order valence-electron chi connectivity index (χ4n) is 3.36. The second kappa shape index (κ2) is 6.79. The molecule has 0 spiro atoms. The molecule has 2 aromatic rings. The van der Waals surface area contributed by atoms with Crippen molar-refractivity contribution >= 4 is 23.4 Å². The van der Waals surface area contributed by atoms with Gasteiger partial charge in [0, 0.05) is 30.2 Å². The summed E-state index contributed by atoms with van der Waals surface area (Å²) in [7, 11) is 1.61. The summed E-state index contributed by atoms with van der Waals surface area (Å²) in [5.41, 5.74) is 0.667. The van der Waals surface area contributed by atoms with Crippen LogP contribution in [-0.2, 0) is 6.54 Å². The van der Waals surface area contributed by atoms with Gasteiger partial charge in [-0.05, 0) is 49.9 Å². The van der Waals surface area contributed by atoms with E-state index in [0.29, 0.717) is 17.6 Å². The average molecular weight is 371 g/mol. The average Bonchev–Trinajstić information content (AvgIpc) is 3.40. The molecule has 6 nitrogen and oxygen atoms in total. The number of thioether (sulfide) groups is 1. The predicted octanol–water partition coefficient (Wildman–Crippen LogP) is 2.80. The van der Waals surface area contributed by atoms with E-state index in [1.54, 1.807) is 28.3 Å². The third-order valence-electron chi connectivity index (χ3n) is 5.07. The second-order valence-corrected chi connectivity index (χ2v) is 7.77. The van der Waals surface area contributed by atoms with Gasteiger partial charge >= 0.3 is 0 Å². The molecule has 1 fully saturated rings. The molecule has 0 radical (unpaired) electrons. The van der Waals surface area contributed by atoms with Crippen molar-refractivity contribution in [3.63, 3.8) is 0 Å². The highest BCUT2D eigenvalue weighted by molar-refractivity contribution is 7.99. The molecule has 26 heavy (non-hydrogen) atoms. The highest BCUT2D eigenvalue weighted by atomic mass is 32.2. The standard InChI is InChI=1S/C19H21N3O3S/c1-12(13-3-4-13)22(14-5-7-15(25-2)8-6-14)18(24)16-11-20-19-21(17(16)23)9-10-26-19/h5-8,11-13H,3-4,9-10H2,1-2H3/t12-/m1/s1. The minimum Gasteiger partial charge on any atom is -0.497 e. The van der Waals surface area contributed by atoms with E-state index < -0.39 is 0 Å². The van der Waals surface area contributed by atoms with E-state index in [4.69, 9.17) is 4.74 Å². The highest BCUT2D eigenvalue weighted by Crippen LogP contribution is 2.37. The number of amides is 1. The minimum atomic E-state index is -0.278. The Hall–Kier alpha value is -2.28. The Morgan fingerprint density at radius 1 is 1.35 bits per heavy atom. The van der Waals surface area contributed by atoms with Gasteiger partial charge in [0.1, 0.15) is 11.3 Å². The third-order valence-corrected chi connectivity index (χ3v) is 6.04. The molecule has 1 saturated carbocycles. The Bertz CT molecular complexity index is 890. The van der Waals surface area contributed by atoms with E-state index in [1.807, 2.05) is 31.2 Å². The molecule has 2 heterocycles. The molecule has 0 saturated heterocycles. The van der Waals surface area contributed by atoms with Crippen molar-refractivity contribution in [2.24, 2.45) is 5.92 Å². The fourth-order valence-corrected chi connectivity index (χ4v) is 4.28. The first-order valence-electron chi connectivity index (χ1n) is 8.80. The highest BCUT2D eigenvalue weighted by Gasteiger charge is 2.36. The van der Waals surface area contributed by atoms with Crippen LogP contribution in [-0.4, -0.2) is 34.4 Å². The van der Waals surface area contributed by atoms with Gasteiger partial charge in [0.2, 0.25) is 0 Å². The summed E-state index contributed by atoms with van der Waals surface area (Å²) in [5.74, 6) is 1.75. The zero-order valence-corrected chi connectivity index (χ0v) is 15.7. The van der Waals surface area contributed by atoms with Gasteiger partial charge in [-0.15, -0.1) is 0 Å². The number of benzene rings is 1. The molecule has 1 atom stereocenters. The van der Waals surface area contributed by atoms with Crippen LogP contribution in [0, 0.1) is 5.92 Å². The molecule has 1 amide bonds. The fraction of sp³-hybridized carbons (Fsp3) is 0.421. The van der Waals surface area contributed by atoms with Gasteiger partial charge in [0.25, 0.3) is 11.5 Å². The topological polar surface area (TPSA) is 64.4 Å². The van der Waals surface area contributed by atoms with Gasteiger partial charge in [0.05, 0.1) is 7.11 Å². The lowest BCUT2D eigenvalue weighted by Gasteiger charge is -2.29. The number of aromatic nitrogens is 2. The van der Waals surface area contributed by atoms with Crippen LogP contribution in [0.15, 0.2) is 40.4 Å². The van der Waals surface area contributed by atoms with Gasteiger partial charge in [-0.25, -0.2) is 4.98 Å². The minimum absolute atomic E-state index is 0.0305. The lowest BCUT2D eigenvalue weighted by Crippen LogP contribution is -2.43. The SMILES string of the molecule is COc1ccc(N(C(=O)c2cnc3n(c2=O)CCS3)[C@H](C)C2CC2)cc1. The summed E-state index contributed by atoms with van der Waals surface area (Å²) in [6.45, 7) is 2.65. The number of nitrogens with zero attached hydrogens (tertiary/aromatic N) is 3. The summed E-state index contributed by atoms with van der Waals surface area (Å²) >= 11 is 1.55. The molecular weight excluding hydrogens is 350 g/mol. The van der Waals surface area contributed by atoms with Crippen molar-refractivity contribution in [2.75, 3.05) is 17.8 Å². The molecule has 0 bridgehead atoms. The largest absolute Gasteiger partial charge is 0.497 e. The zero-order valence-electron chi connectivity index (χ0n) is 14.8. The van der Waals surface area contributed by atoms with Crippen molar-refractivity contribution in [3.8, 4) is 5.75 Å². The van der Waals surface area contributed by atoms with Crippen molar-refractivity contribution < 1.29 is 9.53 Å². The molecular formula is C19H21N3O3S. The van der Waals surface area contributed by atoms with Crippen LogP contribution < -0.4 is 15.2 Å². The Morgan fingerprint density at radius 2 is 2.08 bits per heavy atom. The van der Waals surface area contributed by atoms with E-state index in [0.717, 1.165) is 30.0 Å². The molecule has 7 heteroatoms. The Kier molecular flexibility index (Phi) is 4.48. The first-order valence-corrected chi connectivity index (χ1v) is 9.79. The number of ether oxygens (including phenoxy) is 1. The van der Waals surface area contributed by atoms with Gasteiger partial charge in [-0.2, -0.15) is 0 Å². The Balaban J connectivity index is 1.74. The normalized spacial score (nSPS) is 16.8. The predicted molar refractivity (Wildman–Crippen MR) is 101 cm³/mol. The number of fused-ring (bicyclic) bond motifs is 1. The molecule has 0 unspecified atom stereocenters. The number of carbonyl (C=O) groups excluding carboxylic acids is 1. The second-order valence-electron chi connectivity index (χ2n) is 6.71. The van der Waals surface area contributed by atoms with Crippen molar-refractivity contribution in [3.05, 3.63) is 46.4 Å². The van der Waals surface area contributed by atoms with E-state index >= 15 is 0 Å². The number of rotatable bonds is 5. The summed E-state index contributed by atoms with van der Waals surface area (Å²) in [6.07, 6.45) is 3.66. The Labute approximate surface area is 156 Å². The maximum absolute atomic E-state index is 13.3. The maximum atomic E-state index is 13.3. The molecule has 1 aromatic carbocycles. The van der Waals surface area contributed by atoms with Crippen LogP contribution in [0.5, 0.6) is 5.75 Å². The van der Waals surface area contributed by atoms with Gasteiger partial charge in [-0.3, -0.25) is 14.2 Å².